The van der Waals surface area contributed by atoms with Crippen LogP contribution in [0.1, 0.15) is 22.7 Å². The van der Waals surface area contributed by atoms with Crippen LogP contribution in [0, 0.1) is 18.6 Å². The van der Waals surface area contributed by atoms with E-state index in [0.717, 1.165) is 5.56 Å². The van der Waals surface area contributed by atoms with Crippen molar-refractivity contribution >= 4 is 11.6 Å². The van der Waals surface area contributed by atoms with Crippen molar-refractivity contribution in [3.05, 3.63) is 69.7 Å². The molecule has 0 spiro atoms. The zero-order valence-corrected chi connectivity index (χ0v) is 12.1. The van der Waals surface area contributed by atoms with E-state index in [1.165, 1.54) is 12.1 Å². The van der Waals surface area contributed by atoms with Gasteiger partial charge in [0.1, 0.15) is 11.6 Å². The average molecular weight is 296 g/mol. The van der Waals surface area contributed by atoms with Crippen LogP contribution in [0.15, 0.2) is 36.4 Å². The molecule has 0 aliphatic carbocycles. The van der Waals surface area contributed by atoms with E-state index in [-0.39, 0.29) is 17.7 Å². The topological polar surface area (TPSA) is 12.0 Å². The summed E-state index contributed by atoms with van der Waals surface area (Å²) in [6.07, 6.45) is 0.452. The molecule has 0 amide bonds. The molecule has 0 radical (unpaired) electrons. The number of hydrogen-bond acceptors (Lipinski definition) is 1. The molecule has 2 rings (SSSR count). The van der Waals surface area contributed by atoms with Crippen LogP contribution in [0.2, 0.25) is 5.02 Å². The molecule has 2 aromatic carbocycles. The molecular formula is C16H16ClF2N. The van der Waals surface area contributed by atoms with Crippen molar-refractivity contribution in [1.29, 1.82) is 0 Å². The van der Waals surface area contributed by atoms with E-state index in [0.29, 0.717) is 22.6 Å². The van der Waals surface area contributed by atoms with Gasteiger partial charge in [-0.1, -0.05) is 35.9 Å². The van der Waals surface area contributed by atoms with Crippen LogP contribution in [-0.4, -0.2) is 7.05 Å². The van der Waals surface area contributed by atoms with Crippen LogP contribution < -0.4 is 5.32 Å². The Balaban J connectivity index is 2.34. The second kappa shape index (κ2) is 6.33. The highest BCUT2D eigenvalue weighted by atomic mass is 35.5. The van der Waals surface area contributed by atoms with E-state index in [2.05, 4.69) is 5.32 Å². The number of likely N-dealkylation sites (N-methyl/N-ethyl adjacent to an activating group) is 1. The third-order valence-corrected chi connectivity index (χ3v) is 3.71. The molecule has 0 bridgehead atoms. The summed E-state index contributed by atoms with van der Waals surface area (Å²) in [5.74, 6) is -0.581. The van der Waals surface area contributed by atoms with E-state index in [4.69, 9.17) is 11.6 Å². The van der Waals surface area contributed by atoms with E-state index < -0.39 is 0 Å². The number of benzene rings is 2. The molecule has 1 N–H and O–H groups in total. The summed E-state index contributed by atoms with van der Waals surface area (Å²) in [6, 6.07) is 9.46. The molecule has 0 aliphatic heterocycles. The molecule has 0 aliphatic rings. The minimum Gasteiger partial charge on any atom is -0.313 e. The van der Waals surface area contributed by atoms with Crippen molar-refractivity contribution in [2.45, 2.75) is 19.4 Å². The molecule has 20 heavy (non-hydrogen) atoms. The number of rotatable bonds is 4. The van der Waals surface area contributed by atoms with Gasteiger partial charge in [-0.2, -0.15) is 0 Å². The van der Waals surface area contributed by atoms with Gasteiger partial charge in [0.2, 0.25) is 0 Å². The molecule has 4 heteroatoms. The summed E-state index contributed by atoms with van der Waals surface area (Å²) < 4.78 is 27.2. The van der Waals surface area contributed by atoms with Crippen LogP contribution in [0.25, 0.3) is 0 Å². The molecule has 1 atom stereocenters. The number of aryl methyl sites for hydroxylation is 1. The van der Waals surface area contributed by atoms with Gasteiger partial charge in [-0.05, 0) is 49.2 Å². The highest BCUT2D eigenvalue weighted by Crippen LogP contribution is 2.28. The van der Waals surface area contributed by atoms with E-state index >= 15 is 0 Å². The Kier molecular flexibility index (Phi) is 4.73. The van der Waals surface area contributed by atoms with E-state index in [9.17, 15) is 8.78 Å². The highest BCUT2D eigenvalue weighted by molar-refractivity contribution is 6.31. The lowest BCUT2D eigenvalue weighted by Crippen LogP contribution is -2.20. The smallest absolute Gasteiger partial charge is 0.127 e. The average Bonchev–Trinajstić information content (AvgIpc) is 2.42. The van der Waals surface area contributed by atoms with Crippen LogP contribution >= 0.6 is 11.6 Å². The van der Waals surface area contributed by atoms with Gasteiger partial charge in [0.25, 0.3) is 0 Å². The lowest BCUT2D eigenvalue weighted by atomic mass is 9.97. The Bertz CT molecular complexity index is 613. The standard InChI is InChI=1S/C16H16ClF2N/c1-10-7-12(13(17)9-15(10)19)16(20-2)8-11-5-3-4-6-14(11)18/h3-7,9,16,20H,8H2,1-2H3. The number of nitrogens with one attached hydrogen (secondary N) is 1. The van der Waals surface area contributed by atoms with Crippen molar-refractivity contribution in [3.63, 3.8) is 0 Å². The van der Waals surface area contributed by atoms with Gasteiger partial charge >= 0.3 is 0 Å². The van der Waals surface area contributed by atoms with Crippen molar-refractivity contribution in [1.82, 2.24) is 5.32 Å². The molecule has 0 heterocycles. The quantitative estimate of drug-likeness (QED) is 0.880. The Morgan fingerprint density at radius 1 is 1.15 bits per heavy atom. The zero-order valence-electron chi connectivity index (χ0n) is 11.4. The first-order chi connectivity index (χ1) is 9.52. The van der Waals surface area contributed by atoms with Gasteiger partial charge in [0.05, 0.1) is 0 Å². The second-order valence-electron chi connectivity index (χ2n) is 4.76. The first-order valence-electron chi connectivity index (χ1n) is 6.39. The van der Waals surface area contributed by atoms with Crippen molar-refractivity contribution in [3.8, 4) is 0 Å². The molecule has 0 saturated heterocycles. The summed E-state index contributed by atoms with van der Waals surface area (Å²) >= 11 is 6.11. The monoisotopic (exact) mass is 295 g/mol. The molecular weight excluding hydrogens is 280 g/mol. The Morgan fingerprint density at radius 3 is 2.50 bits per heavy atom. The molecule has 1 nitrogen and oxygen atoms in total. The van der Waals surface area contributed by atoms with Crippen LogP contribution in [0.4, 0.5) is 8.78 Å². The van der Waals surface area contributed by atoms with Crippen molar-refractivity contribution in [2.24, 2.45) is 0 Å². The fourth-order valence-electron chi connectivity index (χ4n) is 2.20. The number of halogens is 3. The Labute approximate surface area is 122 Å². The summed E-state index contributed by atoms with van der Waals surface area (Å²) in [5.41, 5.74) is 1.90. The maximum absolute atomic E-state index is 13.7. The summed E-state index contributed by atoms with van der Waals surface area (Å²) in [4.78, 5) is 0. The molecule has 0 aromatic heterocycles. The summed E-state index contributed by atoms with van der Waals surface area (Å²) in [5, 5.41) is 3.46. The fraction of sp³-hybridized carbons (Fsp3) is 0.250. The lowest BCUT2D eigenvalue weighted by Gasteiger charge is -2.19. The molecule has 2 aromatic rings. The summed E-state index contributed by atoms with van der Waals surface area (Å²) in [7, 11) is 1.78. The maximum atomic E-state index is 13.7. The van der Waals surface area contributed by atoms with Gasteiger partial charge in [-0.3, -0.25) is 0 Å². The van der Waals surface area contributed by atoms with Crippen LogP contribution in [0.3, 0.4) is 0 Å². The minimum absolute atomic E-state index is 0.168. The lowest BCUT2D eigenvalue weighted by molar-refractivity contribution is 0.552. The van der Waals surface area contributed by atoms with Gasteiger partial charge in [0.15, 0.2) is 0 Å². The highest BCUT2D eigenvalue weighted by Gasteiger charge is 2.17. The minimum atomic E-state index is -0.334. The summed E-state index contributed by atoms with van der Waals surface area (Å²) in [6.45, 7) is 1.69. The van der Waals surface area contributed by atoms with Crippen molar-refractivity contribution < 1.29 is 8.78 Å². The molecule has 0 fully saturated rings. The van der Waals surface area contributed by atoms with Crippen LogP contribution in [0.5, 0.6) is 0 Å². The fourth-order valence-corrected chi connectivity index (χ4v) is 2.48. The van der Waals surface area contributed by atoms with Gasteiger partial charge < -0.3 is 5.32 Å². The Hall–Kier alpha value is -1.45. The van der Waals surface area contributed by atoms with E-state index in [1.807, 2.05) is 0 Å². The molecule has 1 unspecified atom stereocenters. The van der Waals surface area contributed by atoms with Crippen LogP contribution in [-0.2, 0) is 6.42 Å². The predicted molar refractivity (Wildman–Crippen MR) is 78.1 cm³/mol. The third kappa shape index (κ3) is 3.17. The molecule has 106 valence electrons. The predicted octanol–water partition coefficient (Wildman–Crippen LogP) is 4.43. The second-order valence-corrected chi connectivity index (χ2v) is 5.17. The van der Waals surface area contributed by atoms with Gasteiger partial charge in [-0.15, -0.1) is 0 Å². The maximum Gasteiger partial charge on any atom is 0.127 e. The first-order valence-corrected chi connectivity index (χ1v) is 6.77. The Morgan fingerprint density at radius 2 is 1.85 bits per heavy atom. The normalized spacial score (nSPS) is 12.4. The molecule has 0 saturated carbocycles. The van der Waals surface area contributed by atoms with Gasteiger partial charge in [-0.25, -0.2) is 8.78 Å². The van der Waals surface area contributed by atoms with Gasteiger partial charge in [0, 0.05) is 11.1 Å². The SMILES string of the molecule is CNC(Cc1ccccc1F)c1cc(C)c(F)cc1Cl. The third-order valence-electron chi connectivity index (χ3n) is 3.38. The zero-order chi connectivity index (χ0) is 14.7. The van der Waals surface area contributed by atoms with Crippen molar-refractivity contribution in [2.75, 3.05) is 7.05 Å². The number of hydrogen-bond donors (Lipinski definition) is 1. The van der Waals surface area contributed by atoms with E-state index in [1.54, 1.807) is 38.2 Å². The first kappa shape index (κ1) is 14.9. The largest absolute Gasteiger partial charge is 0.313 e.